The third kappa shape index (κ3) is 4.37. The lowest BCUT2D eigenvalue weighted by atomic mass is 9.96. The second-order valence-corrected chi connectivity index (χ2v) is 10.8. The summed E-state index contributed by atoms with van der Waals surface area (Å²) in [7, 11) is -3.12. The highest BCUT2D eigenvalue weighted by atomic mass is 32.2. The van der Waals surface area contributed by atoms with Crippen molar-refractivity contribution in [3.05, 3.63) is 59.6 Å². The van der Waals surface area contributed by atoms with Gasteiger partial charge in [-0.05, 0) is 55.5 Å². The highest BCUT2D eigenvalue weighted by Crippen LogP contribution is 2.34. The fraction of sp³-hybridized carbons (Fsp3) is 0.417. The normalized spacial score (nSPS) is 19.6. The van der Waals surface area contributed by atoms with Gasteiger partial charge < -0.3 is 14.1 Å². The van der Waals surface area contributed by atoms with Crippen molar-refractivity contribution in [3.8, 4) is 5.75 Å². The zero-order valence-electron chi connectivity index (χ0n) is 17.8. The van der Waals surface area contributed by atoms with Crippen LogP contribution in [0.15, 0.2) is 47.1 Å². The Morgan fingerprint density at radius 3 is 2.88 bits per heavy atom. The van der Waals surface area contributed by atoms with Crippen LogP contribution in [0.25, 0.3) is 11.0 Å². The summed E-state index contributed by atoms with van der Waals surface area (Å²) in [5.41, 5.74) is 2.96. The molecule has 3 heterocycles. The molecule has 5 rings (SSSR count). The molecule has 1 saturated heterocycles. The Morgan fingerprint density at radius 1 is 1.22 bits per heavy atom. The smallest absolute Gasteiger partial charge is 0.261 e. The van der Waals surface area contributed by atoms with Crippen LogP contribution in [0.1, 0.15) is 36.1 Å². The molecule has 1 fully saturated rings. The maximum absolute atomic E-state index is 13.1. The zero-order chi connectivity index (χ0) is 22.1. The van der Waals surface area contributed by atoms with Crippen LogP contribution in [0.2, 0.25) is 0 Å². The number of nitrogens with zero attached hydrogens (tertiary/aromatic N) is 2. The first kappa shape index (κ1) is 21.0. The van der Waals surface area contributed by atoms with Crippen molar-refractivity contribution in [3.63, 3.8) is 0 Å². The van der Waals surface area contributed by atoms with E-state index in [-0.39, 0.29) is 30.1 Å². The van der Waals surface area contributed by atoms with E-state index >= 15 is 0 Å². The van der Waals surface area contributed by atoms with E-state index in [2.05, 4.69) is 4.98 Å². The van der Waals surface area contributed by atoms with Gasteiger partial charge in [0.2, 0.25) is 0 Å². The SMILES string of the molecule is O=C(COc1ccc2oc3c(c2c1)CCCC3)N(Cc1cccnc1)[C@@H]1CCS(=O)(=O)C1. The number of aromatic nitrogens is 1. The average molecular weight is 455 g/mol. The number of hydrogen-bond acceptors (Lipinski definition) is 6. The Kier molecular flexibility index (Phi) is 5.63. The monoisotopic (exact) mass is 454 g/mol. The summed E-state index contributed by atoms with van der Waals surface area (Å²) in [6.45, 7) is 0.160. The highest BCUT2D eigenvalue weighted by molar-refractivity contribution is 7.91. The lowest BCUT2D eigenvalue weighted by molar-refractivity contribution is -0.136. The molecule has 0 unspecified atom stereocenters. The molecule has 3 aromatic rings. The van der Waals surface area contributed by atoms with E-state index in [4.69, 9.17) is 9.15 Å². The van der Waals surface area contributed by atoms with Crippen molar-refractivity contribution < 1.29 is 22.4 Å². The summed E-state index contributed by atoms with van der Waals surface area (Å²) in [5, 5.41) is 1.05. The molecular weight excluding hydrogens is 428 g/mol. The second kappa shape index (κ2) is 8.58. The van der Waals surface area contributed by atoms with Crippen molar-refractivity contribution in [2.45, 2.75) is 44.7 Å². The predicted molar refractivity (Wildman–Crippen MR) is 120 cm³/mol. The maximum Gasteiger partial charge on any atom is 0.261 e. The number of pyridine rings is 1. The number of ether oxygens (including phenoxy) is 1. The van der Waals surface area contributed by atoms with Gasteiger partial charge in [0.25, 0.3) is 5.91 Å². The predicted octanol–water partition coefficient (Wildman–Crippen LogP) is 3.30. The van der Waals surface area contributed by atoms with E-state index < -0.39 is 9.84 Å². The summed E-state index contributed by atoms with van der Waals surface area (Å²) in [6.07, 6.45) is 8.07. The first-order valence-corrected chi connectivity index (χ1v) is 12.9. The minimum Gasteiger partial charge on any atom is -0.484 e. The molecule has 0 bridgehead atoms. The Bertz CT molecular complexity index is 1240. The fourth-order valence-electron chi connectivity index (χ4n) is 4.69. The molecule has 1 aliphatic carbocycles. The van der Waals surface area contributed by atoms with Gasteiger partial charge in [0.1, 0.15) is 17.1 Å². The lowest BCUT2D eigenvalue weighted by Gasteiger charge is -2.28. The molecule has 1 atom stereocenters. The van der Waals surface area contributed by atoms with E-state index in [1.54, 1.807) is 23.4 Å². The Labute approximate surface area is 187 Å². The van der Waals surface area contributed by atoms with Gasteiger partial charge in [-0.3, -0.25) is 9.78 Å². The lowest BCUT2D eigenvalue weighted by Crippen LogP contribution is -2.43. The van der Waals surface area contributed by atoms with Crippen LogP contribution in [0, 0.1) is 0 Å². The quantitative estimate of drug-likeness (QED) is 0.568. The average Bonchev–Trinajstić information content (AvgIpc) is 3.35. The molecule has 0 spiro atoms. The van der Waals surface area contributed by atoms with Gasteiger partial charge in [0.15, 0.2) is 16.4 Å². The Balaban J connectivity index is 1.33. The number of carbonyl (C=O) groups excluding carboxylic acids is 1. The summed E-state index contributed by atoms with van der Waals surface area (Å²) in [4.78, 5) is 18.9. The highest BCUT2D eigenvalue weighted by Gasteiger charge is 2.35. The van der Waals surface area contributed by atoms with Crippen LogP contribution in [-0.2, 0) is 34.0 Å². The molecule has 168 valence electrons. The minimum atomic E-state index is -3.12. The van der Waals surface area contributed by atoms with Crippen molar-refractivity contribution in [1.29, 1.82) is 0 Å². The summed E-state index contributed by atoms with van der Waals surface area (Å²) < 4.78 is 35.9. The van der Waals surface area contributed by atoms with Crippen LogP contribution < -0.4 is 4.74 Å². The summed E-state index contributed by atoms with van der Waals surface area (Å²) >= 11 is 0. The fourth-order valence-corrected chi connectivity index (χ4v) is 6.42. The van der Waals surface area contributed by atoms with Gasteiger partial charge in [-0.15, -0.1) is 0 Å². The summed E-state index contributed by atoms with van der Waals surface area (Å²) in [5.74, 6) is 1.54. The minimum absolute atomic E-state index is 0.00782. The third-order valence-corrected chi connectivity index (χ3v) is 8.08. The van der Waals surface area contributed by atoms with Crippen LogP contribution in [0.4, 0.5) is 0 Å². The van der Waals surface area contributed by atoms with Gasteiger partial charge in [-0.25, -0.2) is 8.42 Å². The van der Waals surface area contributed by atoms with E-state index in [0.29, 0.717) is 18.7 Å². The maximum atomic E-state index is 13.1. The first-order valence-electron chi connectivity index (χ1n) is 11.0. The van der Waals surface area contributed by atoms with Crippen LogP contribution in [-0.4, -0.2) is 48.4 Å². The molecule has 1 aromatic carbocycles. The molecule has 2 aliphatic rings. The molecule has 32 heavy (non-hydrogen) atoms. The van der Waals surface area contributed by atoms with E-state index in [1.165, 1.54) is 5.56 Å². The first-order chi connectivity index (χ1) is 15.5. The standard InChI is InChI=1S/C24H26N2O5S/c27-24(26(14-17-4-3-10-25-13-17)18-9-11-32(28,29)16-18)15-30-19-7-8-23-21(12-19)20-5-1-2-6-22(20)31-23/h3-4,7-8,10,12-13,18H,1-2,5-6,9,11,14-16H2/t18-/m1/s1. The Hall–Kier alpha value is -2.87. The number of furan rings is 1. The van der Waals surface area contributed by atoms with Gasteiger partial charge in [-0.2, -0.15) is 0 Å². The molecule has 2 aromatic heterocycles. The number of fused-ring (bicyclic) bond motifs is 3. The van der Waals surface area contributed by atoms with E-state index in [0.717, 1.165) is 48.0 Å². The van der Waals surface area contributed by atoms with E-state index in [1.807, 2.05) is 24.3 Å². The molecule has 1 amide bonds. The Morgan fingerprint density at radius 2 is 2.09 bits per heavy atom. The molecular formula is C24H26N2O5S. The number of aryl methyl sites for hydroxylation is 2. The number of benzene rings is 1. The number of carbonyl (C=O) groups is 1. The van der Waals surface area contributed by atoms with Crippen molar-refractivity contribution in [2.75, 3.05) is 18.1 Å². The van der Waals surface area contributed by atoms with Crippen molar-refractivity contribution in [2.24, 2.45) is 0 Å². The van der Waals surface area contributed by atoms with Crippen LogP contribution in [0.3, 0.4) is 0 Å². The largest absolute Gasteiger partial charge is 0.484 e. The number of hydrogen-bond donors (Lipinski definition) is 0. The van der Waals surface area contributed by atoms with Gasteiger partial charge in [-0.1, -0.05) is 6.07 Å². The molecule has 1 aliphatic heterocycles. The summed E-state index contributed by atoms with van der Waals surface area (Å²) in [6, 6.07) is 9.00. The molecule has 0 N–H and O–H groups in total. The molecule has 7 nitrogen and oxygen atoms in total. The van der Waals surface area contributed by atoms with Gasteiger partial charge >= 0.3 is 0 Å². The number of sulfone groups is 1. The van der Waals surface area contributed by atoms with Crippen molar-refractivity contribution >= 4 is 26.7 Å². The number of rotatable bonds is 6. The second-order valence-electron chi connectivity index (χ2n) is 8.60. The molecule has 0 saturated carbocycles. The number of amides is 1. The van der Waals surface area contributed by atoms with Gasteiger partial charge in [0, 0.05) is 42.4 Å². The topological polar surface area (TPSA) is 89.7 Å². The zero-order valence-corrected chi connectivity index (χ0v) is 18.6. The third-order valence-electron chi connectivity index (χ3n) is 6.33. The van der Waals surface area contributed by atoms with Crippen LogP contribution in [0.5, 0.6) is 5.75 Å². The van der Waals surface area contributed by atoms with Gasteiger partial charge in [0.05, 0.1) is 11.5 Å². The molecule has 0 radical (unpaired) electrons. The van der Waals surface area contributed by atoms with E-state index in [9.17, 15) is 13.2 Å². The van der Waals surface area contributed by atoms with Crippen LogP contribution >= 0.6 is 0 Å². The molecule has 8 heteroatoms. The van der Waals surface area contributed by atoms with Crippen molar-refractivity contribution in [1.82, 2.24) is 9.88 Å².